The van der Waals surface area contributed by atoms with E-state index in [1.165, 1.54) is 37.3 Å². The first-order chi connectivity index (χ1) is 11.5. The zero-order valence-corrected chi connectivity index (χ0v) is 14.2. The number of hydrogen-bond donors (Lipinski definition) is 2. The number of urea groups is 1. The summed E-state index contributed by atoms with van der Waals surface area (Å²) in [5, 5.41) is 10.1. The summed E-state index contributed by atoms with van der Waals surface area (Å²) in [5.74, 6) is 1.78. The van der Waals surface area contributed by atoms with Crippen LogP contribution in [-0.4, -0.2) is 34.4 Å². The van der Waals surface area contributed by atoms with Crippen LogP contribution in [0, 0.1) is 17.8 Å². The summed E-state index contributed by atoms with van der Waals surface area (Å²) in [6.07, 6.45) is 8.73. The molecule has 0 aliphatic heterocycles. The summed E-state index contributed by atoms with van der Waals surface area (Å²) in [5.41, 5.74) is 0.566. The Labute approximate surface area is 141 Å². The Bertz CT molecular complexity index is 646. The number of nitrogens with zero attached hydrogens (tertiary/aromatic N) is 2. The topological polar surface area (TPSA) is 85.2 Å². The third kappa shape index (κ3) is 2.56. The predicted molar refractivity (Wildman–Crippen MR) is 87.6 cm³/mol. The van der Waals surface area contributed by atoms with E-state index in [2.05, 4.69) is 15.7 Å². The van der Waals surface area contributed by atoms with Crippen LogP contribution < -0.4 is 10.6 Å². The molecule has 4 aliphatic carbocycles. The fourth-order valence-corrected chi connectivity index (χ4v) is 5.53. The first kappa shape index (κ1) is 15.5. The number of ether oxygens (including phenoxy) is 1. The van der Waals surface area contributed by atoms with Gasteiger partial charge in [0.25, 0.3) is 0 Å². The van der Waals surface area contributed by atoms with E-state index < -0.39 is 5.97 Å². The quantitative estimate of drug-likeness (QED) is 0.832. The van der Waals surface area contributed by atoms with Crippen LogP contribution >= 0.6 is 0 Å². The molecule has 0 spiro atoms. The summed E-state index contributed by atoms with van der Waals surface area (Å²) in [6, 6.07) is -0.255. The normalized spacial score (nSPS) is 33.3. The lowest BCUT2D eigenvalue weighted by atomic mass is 9.53. The summed E-state index contributed by atoms with van der Waals surface area (Å²) in [7, 11) is 2.96. The van der Waals surface area contributed by atoms with Crippen molar-refractivity contribution in [1.29, 1.82) is 0 Å². The molecule has 1 aromatic heterocycles. The second-order valence-corrected chi connectivity index (χ2v) is 7.80. The molecule has 24 heavy (non-hydrogen) atoms. The number of carbonyl (C=O) groups is 2. The van der Waals surface area contributed by atoms with Gasteiger partial charge in [0.05, 0.1) is 19.0 Å². The van der Waals surface area contributed by atoms with Crippen LogP contribution in [0.1, 0.15) is 49.0 Å². The number of aromatic nitrogens is 2. The highest BCUT2D eigenvalue weighted by Gasteiger charge is 2.51. The molecule has 4 aliphatic rings. The average molecular weight is 332 g/mol. The van der Waals surface area contributed by atoms with Gasteiger partial charge in [-0.15, -0.1) is 0 Å². The van der Waals surface area contributed by atoms with Crippen molar-refractivity contribution in [2.75, 3.05) is 12.4 Å². The molecule has 130 valence electrons. The zero-order valence-electron chi connectivity index (χ0n) is 14.2. The molecular weight excluding hydrogens is 308 g/mol. The van der Waals surface area contributed by atoms with Crippen molar-refractivity contribution < 1.29 is 14.3 Å². The lowest BCUT2D eigenvalue weighted by Gasteiger charge is -2.56. The van der Waals surface area contributed by atoms with Crippen molar-refractivity contribution in [3.05, 3.63) is 11.9 Å². The molecule has 4 saturated carbocycles. The molecule has 7 nitrogen and oxygen atoms in total. The third-order valence-electron chi connectivity index (χ3n) is 5.98. The van der Waals surface area contributed by atoms with Gasteiger partial charge in [-0.05, 0) is 56.3 Å². The van der Waals surface area contributed by atoms with Crippen LogP contribution in [-0.2, 0) is 11.8 Å². The maximum absolute atomic E-state index is 12.6. The standard InChI is InChI=1S/C17H24N4O3/c1-21-14(15(22)24-2)13(9-18-21)19-16(23)20-17-6-10-3-11(7-17)5-12(4-10)8-17/h9-12H,3-8H2,1-2H3,(H2,19,20,23). The Morgan fingerprint density at radius 2 is 1.79 bits per heavy atom. The summed E-state index contributed by atoms with van der Waals surface area (Å²) >= 11 is 0. The lowest BCUT2D eigenvalue weighted by molar-refractivity contribution is -0.0127. The SMILES string of the molecule is COC(=O)c1c(NC(=O)NC23CC4CC(CC(C4)C2)C3)cnn1C. The van der Waals surface area contributed by atoms with Gasteiger partial charge in [0.2, 0.25) is 0 Å². The fraction of sp³-hybridized carbons (Fsp3) is 0.706. The number of hydrogen-bond acceptors (Lipinski definition) is 4. The van der Waals surface area contributed by atoms with Crippen LogP contribution in [0.5, 0.6) is 0 Å². The number of methoxy groups -OCH3 is 1. The number of aryl methyl sites for hydroxylation is 1. The number of nitrogens with one attached hydrogen (secondary N) is 2. The number of amides is 2. The smallest absolute Gasteiger partial charge is 0.358 e. The maximum atomic E-state index is 12.6. The van der Waals surface area contributed by atoms with Crippen LogP contribution in [0.15, 0.2) is 6.20 Å². The minimum absolute atomic E-state index is 0.0630. The van der Waals surface area contributed by atoms with Crippen molar-refractivity contribution in [2.45, 2.75) is 44.1 Å². The lowest BCUT2D eigenvalue weighted by Crippen LogP contribution is -2.60. The van der Waals surface area contributed by atoms with Gasteiger partial charge in [-0.25, -0.2) is 9.59 Å². The van der Waals surface area contributed by atoms with E-state index in [-0.39, 0.29) is 17.3 Å². The van der Waals surface area contributed by atoms with Gasteiger partial charge >= 0.3 is 12.0 Å². The number of rotatable bonds is 3. The molecule has 1 heterocycles. The summed E-state index contributed by atoms with van der Waals surface area (Å²) < 4.78 is 6.17. The Morgan fingerprint density at radius 1 is 1.21 bits per heavy atom. The molecule has 2 N–H and O–H groups in total. The molecule has 2 amide bonds. The van der Waals surface area contributed by atoms with Gasteiger partial charge in [0, 0.05) is 12.6 Å². The molecule has 4 bridgehead atoms. The van der Waals surface area contributed by atoms with Crippen molar-refractivity contribution in [3.63, 3.8) is 0 Å². The summed E-state index contributed by atoms with van der Waals surface area (Å²) in [6.45, 7) is 0. The Morgan fingerprint density at radius 3 is 2.33 bits per heavy atom. The average Bonchev–Trinajstić information content (AvgIpc) is 2.85. The molecule has 0 atom stereocenters. The second kappa shape index (κ2) is 5.50. The van der Waals surface area contributed by atoms with E-state index in [9.17, 15) is 9.59 Å². The summed E-state index contributed by atoms with van der Waals surface area (Å²) in [4.78, 5) is 24.4. The molecule has 0 unspecified atom stereocenters. The highest BCUT2D eigenvalue weighted by molar-refractivity contribution is 5.99. The minimum Gasteiger partial charge on any atom is -0.464 e. The third-order valence-corrected chi connectivity index (χ3v) is 5.98. The zero-order chi connectivity index (χ0) is 16.9. The molecule has 0 saturated heterocycles. The molecule has 1 aromatic rings. The van der Waals surface area contributed by atoms with Gasteiger partial charge in [0.1, 0.15) is 0 Å². The van der Waals surface area contributed by atoms with Crippen molar-refractivity contribution in [2.24, 2.45) is 24.8 Å². The van der Waals surface area contributed by atoms with Crippen molar-refractivity contribution in [1.82, 2.24) is 15.1 Å². The van der Waals surface area contributed by atoms with E-state index in [0.717, 1.165) is 37.0 Å². The maximum Gasteiger partial charge on any atom is 0.358 e. The molecule has 7 heteroatoms. The monoisotopic (exact) mass is 332 g/mol. The van der Waals surface area contributed by atoms with Gasteiger partial charge in [-0.1, -0.05) is 0 Å². The molecule has 0 aromatic carbocycles. The van der Waals surface area contributed by atoms with E-state index in [0.29, 0.717) is 5.69 Å². The van der Waals surface area contributed by atoms with E-state index in [1.807, 2.05) is 0 Å². The van der Waals surface area contributed by atoms with Crippen LogP contribution in [0.4, 0.5) is 10.5 Å². The molecule has 4 fully saturated rings. The predicted octanol–water partition coefficient (Wildman–Crippen LogP) is 2.30. The van der Waals surface area contributed by atoms with Crippen LogP contribution in [0.3, 0.4) is 0 Å². The molecule has 0 radical (unpaired) electrons. The van der Waals surface area contributed by atoms with Gasteiger partial charge in [0.15, 0.2) is 5.69 Å². The van der Waals surface area contributed by atoms with Gasteiger partial charge < -0.3 is 15.4 Å². The number of esters is 1. The molecular formula is C17H24N4O3. The molecule has 5 rings (SSSR count). The largest absolute Gasteiger partial charge is 0.464 e. The van der Waals surface area contributed by atoms with E-state index >= 15 is 0 Å². The van der Waals surface area contributed by atoms with E-state index in [4.69, 9.17) is 4.74 Å². The van der Waals surface area contributed by atoms with Gasteiger partial charge in [-0.2, -0.15) is 5.10 Å². The first-order valence-electron chi connectivity index (χ1n) is 8.67. The Balaban J connectivity index is 1.47. The Hall–Kier alpha value is -2.05. The van der Waals surface area contributed by atoms with Crippen molar-refractivity contribution >= 4 is 17.7 Å². The van der Waals surface area contributed by atoms with E-state index in [1.54, 1.807) is 7.05 Å². The minimum atomic E-state index is -0.514. The van der Waals surface area contributed by atoms with Crippen LogP contribution in [0.2, 0.25) is 0 Å². The second-order valence-electron chi connectivity index (χ2n) is 7.80. The number of anilines is 1. The highest BCUT2D eigenvalue weighted by Crippen LogP contribution is 2.55. The number of carbonyl (C=O) groups excluding carboxylic acids is 2. The highest BCUT2D eigenvalue weighted by atomic mass is 16.5. The Kier molecular flexibility index (Phi) is 3.54. The van der Waals surface area contributed by atoms with Gasteiger partial charge in [-0.3, -0.25) is 4.68 Å². The van der Waals surface area contributed by atoms with Crippen molar-refractivity contribution in [3.8, 4) is 0 Å². The first-order valence-corrected chi connectivity index (χ1v) is 8.67. The fourth-order valence-electron chi connectivity index (χ4n) is 5.53. The van der Waals surface area contributed by atoms with Crippen LogP contribution in [0.25, 0.3) is 0 Å².